The minimum absolute atomic E-state index is 0.116. The first-order chi connectivity index (χ1) is 6.86. The SMILES string of the molecule is CC1(C)[C@H]2CC[C@]13CS(=O)(=O)N1O[C@@]13C2. The lowest BCUT2D eigenvalue weighted by Crippen LogP contribution is -2.41. The average Bonchev–Trinajstić information content (AvgIpc) is 2.70. The van der Waals surface area contributed by atoms with E-state index in [4.69, 9.17) is 4.84 Å². The van der Waals surface area contributed by atoms with E-state index in [1.54, 1.807) is 0 Å². The highest BCUT2D eigenvalue weighted by molar-refractivity contribution is 7.89. The fraction of sp³-hybridized carbons (Fsp3) is 1.00. The Hall–Kier alpha value is -0.130. The summed E-state index contributed by atoms with van der Waals surface area (Å²) in [6.07, 6.45) is 3.10. The molecule has 0 N–H and O–H groups in total. The third-order valence-electron chi connectivity index (χ3n) is 5.62. The molecule has 2 aliphatic carbocycles. The van der Waals surface area contributed by atoms with Crippen LogP contribution in [0.5, 0.6) is 0 Å². The Bertz CT molecular complexity index is 471. The lowest BCUT2D eigenvalue weighted by Gasteiger charge is -2.36. The summed E-state index contributed by atoms with van der Waals surface area (Å²) in [4.78, 5) is 5.49. The third kappa shape index (κ3) is 0.626. The molecule has 2 aliphatic heterocycles. The molecule has 15 heavy (non-hydrogen) atoms. The Labute approximate surface area is 89.6 Å². The molecule has 4 rings (SSSR count). The summed E-state index contributed by atoms with van der Waals surface area (Å²) in [5, 5.41) is 0. The van der Waals surface area contributed by atoms with E-state index in [2.05, 4.69) is 13.8 Å². The van der Waals surface area contributed by atoms with Crippen molar-refractivity contribution >= 4 is 10.0 Å². The van der Waals surface area contributed by atoms with Crippen molar-refractivity contribution in [3.05, 3.63) is 0 Å². The zero-order chi connectivity index (χ0) is 10.7. The van der Waals surface area contributed by atoms with E-state index >= 15 is 0 Å². The van der Waals surface area contributed by atoms with Crippen LogP contribution in [0.3, 0.4) is 0 Å². The van der Waals surface area contributed by atoms with Crippen LogP contribution in [-0.4, -0.2) is 24.4 Å². The second kappa shape index (κ2) is 1.89. The lowest BCUT2D eigenvalue weighted by molar-refractivity contribution is 0.0724. The van der Waals surface area contributed by atoms with Gasteiger partial charge in [-0.2, -0.15) is 0 Å². The molecule has 5 heteroatoms. The first-order valence-electron chi connectivity index (χ1n) is 5.58. The quantitative estimate of drug-likeness (QED) is 0.584. The highest BCUT2D eigenvalue weighted by Crippen LogP contribution is 2.80. The summed E-state index contributed by atoms with van der Waals surface area (Å²) in [5.74, 6) is 0.946. The molecule has 4 aliphatic rings. The maximum absolute atomic E-state index is 11.9. The predicted octanol–water partition coefficient (Wildman–Crippen LogP) is 1.10. The molecule has 1 unspecified atom stereocenters. The molecule has 4 nitrogen and oxygen atoms in total. The van der Waals surface area contributed by atoms with Gasteiger partial charge in [-0.25, -0.2) is 8.42 Å². The molecule has 2 bridgehead atoms. The van der Waals surface area contributed by atoms with Crippen LogP contribution in [0.4, 0.5) is 0 Å². The molecule has 4 fully saturated rings. The topological polar surface area (TPSA) is 49.7 Å². The molecule has 2 saturated carbocycles. The van der Waals surface area contributed by atoms with Gasteiger partial charge in [0, 0.05) is 5.41 Å². The van der Waals surface area contributed by atoms with Crippen molar-refractivity contribution in [2.24, 2.45) is 16.7 Å². The molecule has 0 aromatic rings. The Balaban J connectivity index is 1.99. The number of nitrogens with zero attached hydrogens (tertiary/aromatic N) is 1. The smallest absolute Gasteiger partial charge is 0.239 e. The highest BCUT2D eigenvalue weighted by atomic mass is 32.2. The van der Waals surface area contributed by atoms with E-state index in [1.165, 1.54) is 10.9 Å². The summed E-state index contributed by atoms with van der Waals surface area (Å²) in [5.41, 5.74) is -0.424. The van der Waals surface area contributed by atoms with Crippen LogP contribution in [0, 0.1) is 16.7 Å². The number of rotatable bonds is 0. The maximum Gasteiger partial charge on any atom is 0.239 e. The summed E-state index contributed by atoms with van der Waals surface area (Å²) in [6, 6.07) is 0. The number of hydroxylamine groups is 1. The Morgan fingerprint density at radius 2 is 2.13 bits per heavy atom. The van der Waals surface area contributed by atoms with Crippen LogP contribution >= 0.6 is 0 Å². The highest BCUT2D eigenvalue weighted by Gasteiger charge is 2.88. The number of hydrogen-bond acceptors (Lipinski definition) is 3. The van der Waals surface area contributed by atoms with E-state index in [0.29, 0.717) is 11.7 Å². The van der Waals surface area contributed by atoms with E-state index in [9.17, 15) is 8.42 Å². The average molecular weight is 229 g/mol. The van der Waals surface area contributed by atoms with Crippen LogP contribution in [0.2, 0.25) is 0 Å². The molecule has 2 spiro atoms. The second-order valence-corrected chi connectivity index (χ2v) is 7.89. The van der Waals surface area contributed by atoms with Crippen LogP contribution in [0.1, 0.15) is 33.1 Å². The van der Waals surface area contributed by atoms with Gasteiger partial charge in [0.15, 0.2) is 5.72 Å². The molecule has 2 heterocycles. The molecule has 84 valence electrons. The molecule has 4 atom stereocenters. The van der Waals surface area contributed by atoms with Crippen molar-refractivity contribution in [3.63, 3.8) is 0 Å². The molecular formula is C10H15NO3S. The van der Waals surface area contributed by atoms with Crippen LogP contribution in [0.15, 0.2) is 0 Å². The Morgan fingerprint density at radius 1 is 1.40 bits per heavy atom. The van der Waals surface area contributed by atoms with Gasteiger partial charge < -0.3 is 0 Å². The molecule has 0 radical (unpaired) electrons. The van der Waals surface area contributed by atoms with Gasteiger partial charge in [-0.3, -0.25) is 4.84 Å². The second-order valence-electron chi connectivity index (χ2n) is 6.10. The van der Waals surface area contributed by atoms with Crippen molar-refractivity contribution in [2.75, 3.05) is 5.75 Å². The lowest BCUT2D eigenvalue weighted by atomic mass is 9.68. The summed E-state index contributed by atoms with van der Waals surface area (Å²) in [6.45, 7) is 4.44. The molecule has 2 saturated heterocycles. The van der Waals surface area contributed by atoms with Crippen LogP contribution in [0.25, 0.3) is 0 Å². The maximum atomic E-state index is 11.9. The monoisotopic (exact) mass is 229 g/mol. The van der Waals surface area contributed by atoms with Gasteiger partial charge in [0.05, 0.1) is 5.75 Å². The first-order valence-corrected chi connectivity index (χ1v) is 7.19. The van der Waals surface area contributed by atoms with Gasteiger partial charge >= 0.3 is 0 Å². The number of fused-ring (bicyclic) bond motifs is 1. The zero-order valence-electron chi connectivity index (χ0n) is 8.99. The third-order valence-corrected chi connectivity index (χ3v) is 7.35. The molecule has 0 amide bonds. The molecule has 0 aromatic heterocycles. The molecular weight excluding hydrogens is 214 g/mol. The zero-order valence-corrected chi connectivity index (χ0v) is 9.80. The minimum atomic E-state index is -3.12. The van der Waals surface area contributed by atoms with Gasteiger partial charge in [-0.05, 0) is 35.1 Å². The van der Waals surface area contributed by atoms with Crippen LogP contribution < -0.4 is 0 Å². The van der Waals surface area contributed by atoms with Crippen LogP contribution in [-0.2, 0) is 14.9 Å². The van der Waals surface area contributed by atoms with Gasteiger partial charge in [0.25, 0.3) is 0 Å². The standard InChI is InChI=1S/C10H15NO3S/c1-8(2)7-3-4-9(8)6-15(12,13)11-10(9,5-7)14-11/h7H,3-6H2,1-2H3/t7-,9-,10+,11?/m0/s1. The fourth-order valence-electron chi connectivity index (χ4n) is 4.59. The Morgan fingerprint density at radius 3 is 2.67 bits per heavy atom. The fourth-order valence-corrected chi connectivity index (χ4v) is 7.01. The molecule has 0 aromatic carbocycles. The van der Waals surface area contributed by atoms with Crippen molar-refractivity contribution in [3.8, 4) is 0 Å². The summed E-state index contributed by atoms with van der Waals surface area (Å²) < 4.78 is 25.1. The van der Waals surface area contributed by atoms with Crippen molar-refractivity contribution in [2.45, 2.75) is 38.8 Å². The first kappa shape index (κ1) is 8.96. The van der Waals surface area contributed by atoms with E-state index in [0.717, 1.165) is 12.8 Å². The minimum Gasteiger partial charge on any atom is -0.255 e. The van der Waals surface area contributed by atoms with E-state index < -0.39 is 15.7 Å². The number of hydrogen-bond donors (Lipinski definition) is 0. The van der Waals surface area contributed by atoms with E-state index in [-0.39, 0.29) is 10.8 Å². The number of sulfonamides is 1. The van der Waals surface area contributed by atoms with Gasteiger partial charge in [-0.15, -0.1) is 0 Å². The van der Waals surface area contributed by atoms with Gasteiger partial charge in [-0.1, -0.05) is 13.8 Å². The summed E-state index contributed by atoms with van der Waals surface area (Å²) >= 11 is 0. The summed E-state index contributed by atoms with van der Waals surface area (Å²) in [7, 11) is -3.12. The van der Waals surface area contributed by atoms with Crippen molar-refractivity contribution in [1.29, 1.82) is 0 Å². The van der Waals surface area contributed by atoms with Gasteiger partial charge in [0.1, 0.15) is 0 Å². The Kier molecular flexibility index (Phi) is 1.13. The van der Waals surface area contributed by atoms with E-state index in [1.807, 2.05) is 0 Å². The normalized spacial score (nSPS) is 61.5. The largest absolute Gasteiger partial charge is 0.255 e. The predicted molar refractivity (Wildman–Crippen MR) is 53.0 cm³/mol. The van der Waals surface area contributed by atoms with Crippen molar-refractivity contribution in [1.82, 2.24) is 4.47 Å². The van der Waals surface area contributed by atoms with Crippen molar-refractivity contribution < 1.29 is 13.3 Å². The van der Waals surface area contributed by atoms with Gasteiger partial charge in [0.2, 0.25) is 10.0 Å².